The van der Waals surface area contributed by atoms with Gasteiger partial charge in [-0.05, 0) is 30.6 Å². The number of nitriles is 1. The van der Waals surface area contributed by atoms with Crippen LogP contribution in [0, 0.1) is 29.1 Å². The summed E-state index contributed by atoms with van der Waals surface area (Å²) in [5, 5.41) is 8.51. The summed E-state index contributed by atoms with van der Waals surface area (Å²) in [7, 11) is 0. The zero-order valence-corrected chi connectivity index (χ0v) is 6.80. The lowest BCUT2D eigenvalue weighted by atomic mass is 9.89. The van der Waals surface area contributed by atoms with Crippen molar-refractivity contribution in [3.05, 3.63) is 0 Å². The second-order valence-electron chi connectivity index (χ2n) is 3.61. The van der Waals surface area contributed by atoms with Gasteiger partial charge in [0, 0.05) is 6.42 Å². The SMILES string of the molecule is CC(C)C(CC#N)C1CC1. The molecule has 1 heteroatoms. The monoisotopic (exact) mass is 137 g/mol. The molecule has 0 aromatic carbocycles. The van der Waals surface area contributed by atoms with Crippen molar-refractivity contribution in [2.75, 3.05) is 0 Å². The lowest BCUT2D eigenvalue weighted by Crippen LogP contribution is -2.09. The topological polar surface area (TPSA) is 23.8 Å². The fraction of sp³-hybridized carbons (Fsp3) is 0.889. The van der Waals surface area contributed by atoms with Crippen LogP contribution in [0.1, 0.15) is 33.1 Å². The molecule has 56 valence electrons. The summed E-state index contributed by atoms with van der Waals surface area (Å²) in [5.41, 5.74) is 0. The number of rotatable bonds is 3. The van der Waals surface area contributed by atoms with Crippen molar-refractivity contribution in [3.63, 3.8) is 0 Å². The molecular weight excluding hydrogens is 122 g/mol. The summed E-state index contributed by atoms with van der Waals surface area (Å²) >= 11 is 0. The van der Waals surface area contributed by atoms with E-state index in [4.69, 9.17) is 5.26 Å². The average molecular weight is 137 g/mol. The van der Waals surface area contributed by atoms with Crippen LogP contribution in [-0.4, -0.2) is 0 Å². The van der Waals surface area contributed by atoms with Crippen LogP contribution in [0.4, 0.5) is 0 Å². The van der Waals surface area contributed by atoms with Crippen molar-refractivity contribution in [1.82, 2.24) is 0 Å². The zero-order chi connectivity index (χ0) is 7.56. The van der Waals surface area contributed by atoms with Crippen LogP contribution in [0.5, 0.6) is 0 Å². The molecule has 1 rings (SSSR count). The normalized spacial score (nSPS) is 20.6. The molecule has 1 atom stereocenters. The minimum Gasteiger partial charge on any atom is -0.198 e. The summed E-state index contributed by atoms with van der Waals surface area (Å²) in [6, 6.07) is 2.27. The van der Waals surface area contributed by atoms with Gasteiger partial charge in [0.15, 0.2) is 0 Å². The second-order valence-corrected chi connectivity index (χ2v) is 3.61. The largest absolute Gasteiger partial charge is 0.198 e. The van der Waals surface area contributed by atoms with Gasteiger partial charge in [-0.25, -0.2) is 0 Å². The van der Waals surface area contributed by atoms with Gasteiger partial charge in [0.2, 0.25) is 0 Å². The maximum atomic E-state index is 8.51. The van der Waals surface area contributed by atoms with Crippen molar-refractivity contribution in [3.8, 4) is 6.07 Å². The molecule has 1 aliphatic carbocycles. The quantitative estimate of drug-likeness (QED) is 0.586. The molecule has 1 aliphatic rings. The van der Waals surface area contributed by atoms with E-state index in [9.17, 15) is 0 Å². The molecular formula is C9H15N. The van der Waals surface area contributed by atoms with Gasteiger partial charge in [-0.1, -0.05) is 13.8 Å². The number of nitrogens with zero attached hydrogens (tertiary/aromatic N) is 1. The summed E-state index contributed by atoms with van der Waals surface area (Å²) in [6.07, 6.45) is 3.50. The fourth-order valence-corrected chi connectivity index (χ4v) is 1.58. The number of hydrogen-bond donors (Lipinski definition) is 0. The molecule has 0 aromatic rings. The summed E-state index contributed by atoms with van der Waals surface area (Å²) in [4.78, 5) is 0. The van der Waals surface area contributed by atoms with Crippen LogP contribution < -0.4 is 0 Å². The smallest absolute Gasteiger partial charge is 0.0624 e. The Kier molecular flexibility index (Phi) is 2.32. The van der Waals surface area contributed by atoms with E-state index in [2.05, 4.69) is 19.9 Å². The van der Waals surface area contributed by atoms with E-state index in [0.29, 0.717) is 11.8 Å². The van der Waals surface area contributed by atoms with Crippen LogP contribution in [0.15, 0.2) is 0 Å². The third-order valence-electron chi connectivity index (χ3n) is 2.41. The van der Waals surface area contributed by atoms with Crippen molar-refractivity contribution < 1.29 is 0 Å². The highest BCUT2D eigenvalue weighted by Crippen LogP contribution is 2.41. The average Bonchev–Trinajstić information content (AvgIpc) is 2.63. The Labute approximate surface area is 63.0 Å². The Morgan fingerprint density at radius 2 is 2.10 bits per heavy atom. The van der Waals surface area contributed by atoms with E-state index in [1.54, 1.807) is 0 Å². The van der Waals surface area contributed by atoms with Crippen LogP contribution >= 0.6 is 0 Å². The Morgan fingerprint density at radius 3 is 2.40 bits per heavy atom. The van der Waals surface area contributed by atoms with Gasteiger partial charge in [0.1, 0.15) is 0 Å². The van der Waals surface area contributed by atoms with Gasteiger partial charge >= 0.3 is 0 Å². The summed E-state index contributed by atoms with van der Waals surface area (Å²) in [5.74, 6) is 2.27. The van der Waals surface area contributed by atoms with Crippen LogP contribution in [0.25, 0.3) is 0 Å². The first-order chi connectivity index (χ1) is 4.75. The third-order valence-corrected chi connectivity index (χ3v) is 2.41. The molecule has 0 aliphatic heterocycles. The minimum absolute atomic E-state index is 0.685. The van der Waals surface area contributed by atoms with E-state index in [-0.39, 0.29) is 0 Å². The molecule has 0 saturated heterocycles. The third kappa shape index (κ3) is 1.73. The van der Waals surface area contributed by atoms with Gasteiger partial charge in [0.25, 0.3) is 0 Å². The van der Waals surface area contributed by atoms with E-state index in [1.165, 1.54) is 12.8 Å². The molecule has 0 aromatic heterocycles. The second kappa shape index (κ2) is 3.05. The minimum atomic E-state index is 0.685. The van der Waals surface area contributed by atoms with E-state index >= 15 is 0 Å². The number of hydrogen-bond acceptors (Lipinski definition) is 1. The lowest BCUT2D eigenvalue weighted by molar-refractivity contribution is 0.346. The lowest BCUT2D eigenvalue weighted by Gasteiger charge is -2.15. The van der Waals surface area contributed by atoms with Crippen LogP contribution in [0.2, 0.25) is 0 Å². The molecule has 1 fully saturated rings. The molecule has 0 N–H and O–H groups in total. The molecule has 1 nitrogen and oxygen atoms in total. The van der Waals surface area contributed by atoms with Gasteiger partial charge in [-0.3, -0.25) is 0 Å². The van der Waals surface area contributed by atoms with Crippen molar-refractivity contribution in [2.24, 2.45) is 17.8 Å². The Morgan fingerprint density at radius 1 is 1.50 bits per heavy atom. The van der Waals surface area contributed by atoms with Gasteiger partial charge in [-0.2, -0.15) is 5.26 Å². The molecule has 0 bridgehead atoms. The van der Waals surface area contributed by atoms with Crippen molar-refractivity contribution >= 4 is 0 Å². The molecule has 0 radical (unpaired) electrons. The standard InChI is InChI=1S/C9H15N/c1-7(2)9(5-6-10)8-3-4-8/h7-9H,3-5H2,1-2H3. The fourth-order valence-electron chi connectivity index (χ4n) is 1.58. The molecule has 1 unspecified atom stereocenters. The highest BCUT2D eigenvalue weighted by atomic mass is 14.4. The van der Waals surface area contributed by atoms with Crippen molar-refractivity contribution in [1.29, 1.82) is 5.26 Å². The maximum Gasteiger partial charge on any atom is 0.0624 e. The van der Waals surface area contributed by atoms with Crippen molar-refractivity contribution in [2.45, 2.75) is 33.1 Å². The van der Waals surface area contributed by atoms with E-state index < -0.39 is 0 Å². The zero-order valence-electron chi connectivity index (χ0n) is 6.80. The molecule has 1 saturated carbocycles. The van der Waals surface area contributed by atoms with E-state index in [1.807, 2.05) is 0 Å². The first-order valence-corrected chi connectivity index (χ1v) is 4.12. The Bertz CT molecular complexity index is 137. The highest BCUT2D eigenvalue weighted by Gasteiger charge is 2.32. The van der Waals surface area contributed by atoms with Crippen LogP contribution in [-0.2, 0) is 0 Å². The van der Waals surface area contributed by atoms with Gasteiger partial charge < -0.3 is 0 Å². The predicted octanol–water partition coefficient (Wildman–Crippen LogP) is 2.58. The maximum absolute atomic E-state index is 8.51. The van der Waals surface area contributed by atoms with Crippen LogP contribution in [0.3, 0.4) is 0 Å². The molecule has 0 spiro atoms. The molecule has 0 heterocycles. The predicted molar refractivity (Wildman–Crippen MR) is 41.3 cm³/mol. The Balaban J connectivity index is 2.35. The first-order valence-electron chi connectivity index (χ1n) is 4.12. The van der Waals surface area contributed by atoms with Gasteiger partial charge in [0.05, 0.1) is 6.07 Å². The van der Waals surface area contributed by atoms with E-state index in [0.717, 1.165) is 12.3 Å². The summed E-state index contributed by atoms with van der Waals surface area (Å²) in [6.45, 7) is 4.45. The molecule has 0 amide bonds. The summed E-state index contributed by atoms with van der Waals surface area (Å²) < 4.78 is 0. The Hall–Kier alpha value is -0.510. The molecule has 10 heavy (non-hydrogen) atoms. The first kappa shape index (κ1) is 7.60. The van der Waals surface area contributed by atoms with Gasteiger partial charge in [-0.15, -0.1) is 0 Å². The highest BCUT2D eigenvalue weighted by molar-refractivity contribution is 4.88.